The van der Waals surface area contributed by atoms with Crippen molar-refractivity contribution in [1.82, 2.24) is 10.2 Å². The number of halogens is 1. The zero-order valence-corrected chi connectivity index (χ0v) is 34.0. The Labute approximate surface area is 344 Å². The number of ether oxygens (including phenoxy) is 2. The molecule has 1 aliphatic rings. The summed E-state index contributed by atoms with van der Waals surface area (Å²) in [5.74, 6) is -0.629. The van der Waals surface area contributed by atoms with E-state index >= 15 is 0 Å². The lowest BCUT2D eigenvalue weighted by Crippen LogP contribution is -2.42. The Morgan fingerprint density at radius 1 is 0.911 bits per heavy atom. The molecule has 1 heterocycles. The highest BCUT2D eigenvalue weighted by Crippen LogP contribution is 2.36. The van der Waals surface area contributed by atoms with E-state index in [1.54, 1.807) is 37.3 Å². The van der Waals surface area contributed by atoms with Crippen molar-refractivity contribution < 1.29 is 23.9 Å². The number of nitrogens with one attached hydrogen (secondary N) is 1. The van der Waals surface area contributed by atoms with Gasteiger partial charge in [0.25, 0.3) is 11.8 Å². The number of hydrogen-bond donors (Lipinski definition) is 1. The van der Waals surface area contributed by atoms with Crippen LogP contribution in [0.15, 0.2) is 162 Å². The van der Waals surface area contributed by atoms with Gasteiger partial charge in [0.2, 0.25) is 5.91 Å². The molecule has 282 valence electrons. The Morgan fingerprint density at radius 2 is 1.59 bits per heavy atom. The third kappa shape index (κ3) is 9.74. The Morgan fingerprint density at radius 3 is 2.25 bits per heavy atom. The quantitative estimate of drug-likeness (QED) is 0.0517. The molecule has 5 aromatic rings. The number of hydrogen-bond acceptors (Lipinski definition) is 6. The van der Waals surface area contributed by atoms with Gasteiger partial charge in [-0.2, -0.15) is 4.99 Å². The van der Waals surface area contributed by atoms with Crippen LogP contribution in [0.4, 0.5) is 0 Å². The molecule has 5 aromatic carbocycles. The molecule has 1 N–H and O–H groups in total. The monoisotopic (exact) mass is 873 g/mol. The highest BCUT2D eigenvalue weighted by molar-refractivity contribution is 14.1. The van der Waals surface area contributed by atoms with Crippen LogP contribution in [-0.4, -0.2) is 40.1 Å². The smallest absolute Gasteiger partial charge is 0.285 e. The van der Waals surface area contributed by atoms with Crippen LogP contribution in [0, 0.1) is 3.57 Å². The predicted octanol–water partition coefficient (Wildman–Crippen LogP) is 9.82. The number of carbonyl (C=O) groups is 3. The zero-order valence-electron chi connectivity index (χ0n) is 31.0. The van der Waals surface area contributed by atoms with E-state index < -0.39 is 17.9 Å². The molecule has 0 atom stereocenters. The Balaban J connectivity index is 1.26. The Kier molecular flexibility index (Phi) is 13.7. The summed E-state index contributed by atoms with van der Waals surface area (Å²) < 4.78 is 13.0. The molecule has 0 aliphatic carbocycles. The summed E-state index contributed by atoms with van der Waals surface area (Å²) in [7, 11) is 0. The Bertz CT molecular complexity index is 2330. The molecular weight excluding hydrogens is 833 g/mol. The SMILES string of the molecule is C=C/C=C\C(=C/C)N1C(=O)/C(=C/c2cc(I)c(OCc3ccc4ccccc4c3)c(OCC)c2)C(=O)N=C1SCC(=O)NC(c1ccccc1)c1ccccc1. The fraction of sp³-hybridized carbons (Fsp3) is 0.130. The lowest BCUT2D eigenvalue weighted by atomic mass is 9.99. The molecule has 0 fully saturated rings. The van der Waals surface area contributed by atoms with E-state index in [-0.39, 0.29) is 22.4 Å². The van der Waals surface area contributed by atoms with Gasteiger partial charge in [0.1, 0.15) is 12.2 Å². The molecule has 0 bridgehead atoms. The second kappa shape index (κ2) is 19.2. The van der Waals surface area contributed by atoms with Gasteiger partial charge in [-0.15, -0.1) is 0 Å². The van der Waals surface area contributed by atoms with E-state index in [0.29, 0.717) is 36.0 Å². The van der Waals surface area contributed by atoms with Gasteiger partial charge in [-0.05, 0) is 99.8 Å². The third-order valence-corrected chi connectivity index (χ3v) is 10.5. The number of carbonyl (C=O) groups excluding carboxylic acids is 3. The van der Waals surface area contributed by atoms with Crippen molar-refractivity contribution in [2.45, 2.75) is 26.5 Å². The molecule has 0 aromatic heterocycles. The van der Waals surface area contributed by atoms with Gasteiger partial charge < -0.3 is 14.8 Å². The molecule has 0 radical (unpaired) electrons. The molecule has 0 saturated heterocycles. The van der Waals surface area contributed by atoms with Gasteiger partial charge in [0.15, 0.2) is 16.7 Å². The average Bonchev–Trinajstić information content (AvgIpc) is 3.22. The Hall–Kier alpha value is -5.72. The maximum absolute atomic E-state index is 14.3. The standard InChI is InChI=1S/C46H40IN3O5S/c1-4-7-22-37(5-2)50-45(53)38(44(52)49-46(50)56-30-41(51)48-42(34-17-10-8-11-18-34)35-19-12-9-13-20-35)26-32-27-39(47)43(40(28-32)54-6-3)55-29-31-23-24-33-16-14-15-21-36(33)25-31/h4-5,7-28,42H,1,6,29-30H2,2-3H3,(H,48,51)/b22-7-,37-5+,38-26+. The summed E-state index contributed by atoms with van der Waals surface area (Å²) in [6.45, 7) is 8.12. The summed E-state index contributed by atoms with van der Waals surface area (Å²) in [6.07, 6.45) is 8.23. The van der Waals surface area contributed by atoms with Gasteiger partial charge in [-0.3, -0.25) is 19.3 Å². The lowest BCUT2D eigenvalue weighted by Gasteiger charge is -2.28. The third-order valence-electron chi connectivity index (χ3n) is 8.75. The summed E-state index contributed by atoms with van der Waals surface area (Å²) in [5, 5.41) is 5.48. The molecule has 0 unspecified atom stereocenters. The number of fused-ring (bicyclic) bond motifs is 1. The number of benzene rings is 5. The van der Waals surface area contributed by atoms with Gasteiger partial charge >= 0.3 is 0 Å². The van der Waals surface area contributed by atoms with E-state index in [0.717, 1.165) is 42.8 Å². The number of thioether (sulfide) groups is 1. The summed E-state index contributed by atoms with van der Waals surface area (Å²) >= 11 is 3.19. The summed E-state index contributed by atoms with van der Waals surface area (Å²) in [4.78, 5) is 47.2. The first-order chi connectivity index (χ1) is 27.3. The van der Waals surface area contributed by atoms with E-state index in [1.165, 1.54) is 11.0 Å². The number of rotatable bonds is 14. The molecule has 8 nitrogen and oxygen atoms in total. The number of nitrogens with zero attached hydrogens (tertiary/aromatic N) is 2. The second-order valence-corrected chi connectivity index (χ2v) is 14.7. The minimum atomic E-state index is -0.714. The second-order valence-electron chi connectivity index (χ2n) is 12.6. The molecular formula is C46H40IN3O5S. The van der Waals surface area contributed by atoms with Crippen molar-refractivity contribution in [2.24, 2.45) is 4.99 Å². The van der Waals surface area contributed by atoms with Crippen molar-refractivity contribution in [1.29, 1.82) is 0 Å². The largest absolute Gasteiger partial charge is 0.490 e. The normalized spacial score (nSPS) is 14.1. The maximum atomic E-state index is 14.3. The summed E-state index contributed by atoms with van der Waals surface area (Å²) in [6, 6.07) is 36.9. The van der Waals surface area contributed by atoms with Crippen molar-refractivity contribution >= 4 is 74.1 Å². The minimum absolute atomic E-state index is 0.0899. The van der Waals surface area contributed by atoms with Crippen LogP contribution in [0.25, 0.3) is 16.8 Å². The molecule has 10 heteroatoms. The van der Waals surface area contributed by atoms with Gasteiger partial charge in [0, 0.05) is 5.70 Å². The van der Waals surface area contributed by atoms with Crippen LogP contribution < -0.4 is 14.8 Å². The van der Waals surface area contributed by atoms with E-state index in [4.69, 9.17) is 9.47 Å². The first-order valence-electron chi connectivity index (χ1n) is 18.0. The number of allylic oxidation sites excluding steroid dienone is 4. The topological polar surface area (TPSA) is 97.3 Å². The van der Waals surface area contributed by atoms with Crippen LogP contribution >= 0.6 is 34.4 Å². The van der Waals surface area contributed by atoms with Crippen molar-refractivity contribution in [3.05, 3.63) is 183 Å². The number of amidine groups is 1. The molecule has 6 rings (SSSR count). The molecule has 3 amide bonds. The molecule has 0 saturated carbocycles. The first kappa shape index (κ1) is 40.0. The number of aliphatic imine (C=N–C) groups is 1. The van der Waals surface area contributed by atoms with Crippen molar-refractivity contribution in [3.8, 4) is 11.5 Å². The zero-order chi connectivity index (χ0) is 39.4. The van der Waals surface area contributed by atoms with Crippen LogP contribution in [0.2, 0.25) is 0 Å². The van der Waals surface area contributed by atoms with Gasteiger partial charge in [0.05, 0.1) is 22.0 Å². The van der Waals surface area contributed by atoms with E-state index in [9.17, 15) is 14.4 Å². The van der Waals surface area contributed by atoms with Crippen molar-refractivity contribution in [2.75, 3.05) is 12.4 Å². The first-order valence-corrected chi connectivity index (χ1v) is 20.1. The van der Waals surface area contributed by atoms with Gasteiger partial charge in [-0.25, -0.2) is 0 Å². The van der Waals surface area contributed by atoms with Crippen LogP contribution in [0.3, 0.4) is 0 Å². The minimum Gasteiger partial charge on any atom is -0.490 e. The lowest BCUT2D eigenvalue weighted by molar-refractivity contribution is -0.126. The maximum Gasteiger partial charge on any atom is 0.285 e. The van der Waals surface area contributed by atoms with Crippen molar-refractivity contribution in [3.63, 3.8) is 0 Å². The number of amides is 3. The van der Waals surface area contributed by atoms with Crippen LogP contribution in [-0.2, 0) is 21.0 Å². The van der Waals surface area contributed by atoms with Crippen LogP contribution in [0.5, 0.6) is 11.5 Å². The van der Waals surface area contributed by atoms with Gasteiger partial charge in [-0.1, -0.05) is 134 Å². The molecule has 1 aliphatic heterocycles. The highest BCUT2D eigenvalue weighted by atomic mass is 127. The fourth-order valence-corrected chi connectivity index (χ4v) is 7.71. The van der Waals surface area contributed by atoms with E-state index in [2.05, 4.69) is 63.7 Å². The molecule has 56 heavy (non-hydrogen) atoms. The predicted molar refractivity (Wildman–Crippen MR) is 234 cm³/mol. The highest BCUT2D eigenvalue weighted by Gasteiger charge is 2.35. The van der Waals surface area contributed by atoms with Crippen LogP contribution in [0.1, 0.15) is 42.1 Å². The molecule has 0 spiro atoms. The summed E-state index contributed by atoms with van der Waals surface area (Å²) in [5.41, 5.74) is 3.75. The average molecular weight is 874 g/mol. The fourth-order valence-electron chi connectivity index (χ4n) is 6.12. The van der Waals surface area contributed by atoms with E-state index in [1.807, 2.05) is 91.9 Å².